The molecular formula is C37H46N6O5. The molecule has 2 aromatic carbocycles. The van der Waals surface area contributed by atoms with Crippen molar-refractivity contribution in [1.29, 1.82) is 0 Å². The number of hydrogen-bond donors (Lipinski definition) is 2. The minimum Gasteiger partial charge on any atom is -0.444 e. The van der Waals surface area contributed by atoms with Crippen LogP contribution in [0.15, 0.2) is 65.7 Å². The van der Waals surface area contributed by atoms with Crippen LogP contribution in [0.5, 0.6) is 0 Å². The molecule has 0 radical (unpaired) electrons. The Kier molecular flexibility index (Phi) is 8.93. The Morgan fingerprint density at radius 2 is 1.67 bits per heavy atom. The molecule has 1 atom stereocenters. The van der Waals surface area contributed by atoms with E-state index < -0.39 is 22.8 Å². The van der Waals surface area contributed by atoms with Crippen LogP contribution in [-0.4, -0.2) is 65.6 Å². The van der Waals surface area contributed by atoms with Gasteiger partial charge in [0.05, 0.1) is 29.7 Å². The average molecular weight is 655 g/mol. The van der Waals surface area contributed by atoms with E-state index in [9.17, 15) is 19.5 Å². The van der Waals surface area contributed by atoms with Crippen molar-refractivity contribution in [3.05, 3.63) is 82.4 Å². The van der Waals surface area contributed by atoms with Gasteiger partial charge in [0.15, 0.2) is 5.52 Å². The summed E-state index contributed by atoms with van der Waals surface area (Å²) in [5.74, 6) is 0.183. The molecule has 1 saturated heterocycles. The second-order valence-corrected chi connectivity index (χ2v) is 14.6. The number of hydrogen-bond acceptors (Lipinski definition) is 7. The quantitative estimate of drug-likeness (QED) is 0.265. The number of aromatic nitrogens is 4. The topological polar surface area (TPSA) is 132 Å². The molecule has 0 bridgehead atoms. The summed E-state index contributed by atoms with van der Waals surface area (Å²) in [5.41, 5.74) is 1.88. The summed E-state index contributed by atoms with van der Waals surface area (Å²) in [4.78, 5) is 45.7. The first-order valence-corrected chi connectivity index (χ1v) is 16.9. The van der Waals surface area contributed by atoms with Gasteiger partial charge in [-0.1, -0.05) is 61.5 Å². The molecule has 254 valence electrons. The van der Waals surface area contributed by atoms with E-state index in [2.05, 4.69) is 22.3 Å². The lowest BCUT2D eigenvalue weighted by atomic mass is 9.71. The number of rotatable bonds is 8. The van der Waals surface area contributed by atoms with Crippen molar-refractivity contribution in [2.75, 3.05) is 13.1 Å². The molecule has 11 nitrogen and oxygen atoms in total. The number of piperidine rings is 1. The zero-order valence-electron chi connectivity index (χ0n) is 28.5. The van der Waals surface area contributed by atoms with Gasteiger partial charge in [-0.05, 0) is 69.9 Å². The van der Waals surface area contributed by atoms with Crippen LogP contribution in [0.3, 0.4) is 0 Å². The number of amides is 2. The minimum atomic E-state index is -1.14. The summed E-state index contributed by atoms with van der Waals surface area (Å²) in [6, 6.07) is 17.9. The van der Waals surface area contributed by atoms with Crippen LogP contribution in [0, 0.1) is 0 Å². The number of benzene rings is 2. The van der Waals surface area contributed by atoms with Gasteiger partial charge < -0.3 is 20.1 Å². The van der Waals surface area contributed by atoms with Crippen molar-refractivity contribution in [3.63, 3.8) is 0 Å². The van der Waals surface area contributed by atoms with Crippen LogP contribution >= 0.6 is 0 Å². The van der Waals surface area contributed by atoms with E-state index >= 15 is 0 Å². The molecule has 2 aromatic heterocycles. The predicted octanol–water partition coefficient (Wildman–Crippen LogP) is 5.25. The Morgan fingerprint density at radius 1 is 1.00 bits per heavy atom. The number of aryl methyl sites for hydroxylation is 1. The number of carbonyl (C=O) groups excluding carboxylic acids is 2. The normalized spacial score (nSPS) is 17.8. The molecule has 0 spiro atoms. The minimum absolute atomic E-state index is 0.0739. The third kappa shape index (κ3) is 6.87. The average Bonchev–Trinajstić information content (AvgIpc) is 3.36. The van der Waals surface area contributed by atoms with Crippen molar-refractivity contribution < 1.29 is 19.4 Å². The lowest BCUT2D eigenvalue weighted by molar-refractivity contribution is -0.136. The molecule has 4 aromatic rings. The highest BCUT2D eigenvalue weighted by molar-refractivity contribution is 5.89. The van der Waals surface area contributed by atoms with Crippen LogP contribution < -0.4 is 10.9 Å². The number of nitrogens with one attached hydrogen (secondary N) is 1. The molecule has 11 heteroatoms. The van der Waals surface area contributed by atoms with Gasteiger partial charge in [0.1, 0.15) is 11.1 Å². The van der Waals surface area contributed by atoms with Crippen LogP contribution in [0.4, 0.5) is 4.79 Å². The van der Waals surface area contributed by atoms with Gasteiger partial charge in [0, 0.05) is 32.1 Å². The predicted molar refractivity (Wildman–Crippen MR) is 183 cm³/mol. The van der Waals surface area contributed by atoms with Gasteiger partial charge in [-0.25, -0.2) is 9.78 Å². The highest BCUT2D eigenvalue weighted by Gasteiger charge is 2.41. The van der Waals surface area contributed by atoms with Crippen LogP contribution in [-0.2, 0) is 28.7 Å². The third-order valence-corrected chi connectivity index (χ3v) is 9.83. The summed E-state index contributed by atoms with van der Waals surface area (Å²) in [6.07, 6.45) is 4.87. The van der Waals surface area contributed by atoms with E-state index in [4.69, 9.17) is 4.74 Å². The van der Waals surface area contributed by atoms with E-state index in [0.717, 1.165) is 36.0 Å². The van der Waals surface area contributed by atoms with E-state index in [1.807, 2.05) is 80.3 Å². The van der Waals surface area contributed by atoms with Crippen molar-refractivity contribution in [1.82, 2.24) is 29.5 Å². The van der Waals surface area contributed by atoms with Crippen molar-refractivity contribution in [2.45, 2.75) is 95.4 Å². The smallest absolute Gasteiger partial charge is 0.408 e. The fraction of sp³-hybridized carbons (Fsp3) is 0.486. The van der Waals surface area contributed by atoms with E-state index in [-0.39, 0.29) is 29.4 Å². The van der Waals surface area contributed by atoms with Crippen molar-refractivity contribution in [2.24, 2.45) is 7.05 Å². The van der Waals surface area contributed by atoms with Gasteiger partial charge in [-0.3, -0.25) is 18.8 Å². The molecular weight excluding hydrogens is 608 g/mol. The standard InChI is InChI=1S/C37H46N6O5/c1-25(26-10-7-6-8-11-26)22-29(44)42-20-18-36(47,19-21-42)23-43-24-38-30-31(33(43)45)40-41(5)32(30)27-12-14-28(15-13-27)37(16-9-17-37)39-34(46)48-35(2,3)4/h6-8,10-15,24-25,47H,9,16-23H2,1-5H3,(H,39,46)/t25-/m1/s1. The second-order valence-electron chi connectivity index (χ2n) is 14.6. The van der Waals surface area contributed by atoms with Gasteiger partial charge in [-0.2, -0.15) is 5.10 Å². The Morgan fingerprint density at radius 3 is 2.27 bits per heavy atom. The zero-order chi connectivity index (χ0) is 34.3. The SMILES string of the molecule is C[C@H](CC(=O)N1CCC(O)(Cn2cnc3c(-c4ccc(C5(NC(=O)OC(C)(C)C)CCC5)cc4)n(C)nc3c2=O)CC1)c1ccccc1. The first-order chi connectivity index (χ1) is 22.8. The van der Waals surface area contributed by atoms with Gasteiger partial charge in [0.2, 0.25) is 5.91 Å². The maximum atomic E-state index is 13.6. The summed E-state index contributed by atoms with van der Waals surface area (Å²) in [5, 5.41) is 19.1. The Hall–Kier alpha value is -4.51. The fourth-order valence-corrected chi connectivity index (χ4v) is 6.93. The molecule has 2 aliphatic rings. The Labute approximate surface area is 280 Å². The summed E-state index contributed by atoms with van der Waals surface area (Å²) in [7, 11) is 1.78. The highest BCUT2D eigenvalue weighted by atomic mass is 16.6. The number of aliphatic hydroxyl groups is 1. The van der Waals surface area contributed by atoms with Gasteiger partial charge in [0.25, 0.3) is 5.56 Å². The number of likely N-dealkylation sites (tertiary alicyclic amines) is 1. The molecule has 1 aliphatic heterocycles. The zero-order valence-corrected chi connectivity index (χ0v) is 28.5. The molecule has 1 aliphatic carbocycles. The number of alkyl carbamates (subject to hydrolysis) is 1. The lowest BCUT2D eigenvalue weighted by Crippen LogP contribution is -2.52. The monoisotopic (exact) mass is 654 g/mol. The Balaban J connectivity index is 1.13. The number of fused-ring (bicyclic) bond motifs is 1. The molecule has 2 fully saturated rings. The molecule has 2 amide bonds. The third-order valence-electron chi connectivity index (χ3n) is 9.83. The summed E-state index contributed by atoms with van der Waals surface area (Å²) >= 11 is 0. The van der Waals surface area contributed by atoms with Crippen LogP contribution in [0.2, 0.25) is 0 Å². The van der Waals surface area contributed by atoms with Crippen molar-refractivity contribution >= 4 is 23.0 Å². The summed E-state index contributed by atoms with van der Waals surface area (Å²) < 4.78 is 8.61. The molecule has 0 unspecified atom stereocenters. The first kappa shape index (κ1) is 33.4. The van der Waals surface area contributed by atoms with Gasteiger partial charge >= 0.3 is 6.09 Å². The second kappa shape index (κ2) is 12.8. The molecule has 2 N–H and O–H groups in total. The van der Waals surface area contributed by atoms with Crippen molar-refractivity contribution in [3.8, 4) is 11.3 Å². The van der Waals surface area contributed by atoms with Crippen LogP contribution in [0.25, 0.3) is 22.3 Å². The number of ether oxygens (including phenoxy) is 1. The van der Waals surface area contributed by atoms with E-state index in [0.29, 0.717) is 43.6 Å². The number of carbonyl (C=O) groups is 2. The highest BCUT2D eigenvalue weighted by Crippen LogP contribution is 2.42. The summed E-state index contributed by atoms with van der Waals surface area (Å²) in [6.45, 7) is 8.53. The fourth-order valence-electron chi connectivity index (χ4n) is 6.93. The molecule has 6 rings (SSSR count). The van der Waals surface area contributed by atoms with Gasteiger partial charge in [-0.15, -0.1) is 0 Å². The first-order valence-electron chi connectivity index (χ1n) is 16.9. The Bertz CT molecular complexity index is 1850. The molecule has 48 heavy (non-hydrogen) atoms. The molecule has 1 saturated carbocycles. The largest absolute Gasteiger partial charge is 0.444 e. The van der Waals surface area contributed by atoms with E-state index in [1.165, 1.54) is 10.9 Å². The molecule has 3 heterocycles. The maximum Gasteiger partial charge on any atom is 0.408 e. The van der Waals surface area contributed by atoms with E-state index in [1.54, 1.807) is 11.7 Å². The van der Waals surface area contributed by atoms with Crippen LogP contribution in [0.1, 0.15) is 83.3 Å². The lowest BCUT2D eigenvalue weighted by Gasteiger charge is -2.43. The maximum absolute atomic E-state index is 13.6. The number of nitrogens with zero attached hydrogens (tertiary/aromatic N) is 5.